The molecule has 0 fully saturated rings. The first-order valence-corrected chi connectivity index (χ1v) is 6.74. The highest BCUT2D eigenvalue weighted by atomic mass is 35.5. The number of hydrogen-bond acceptors (Lipinski definition) is 4. The predicted molar refractivity (Wildman–Crippen MR) is 84.6 cm³/mol. The van der Waals surface area contributed by atoms with Crippen molar-refractivity contribution in [1.29, 1.82) is 0 Å². The third-order valence-electron chi connectivity index (χ3n) is 3.44. The van der Waals surface area contributed by atoms with Crippen molar-refractivity contribution in [2.24, 2.45) is 11.7 Å². The van der Waals surface area contributed by atoms with Gasteiger partial charge in [-0.1, -0.05) is 20.3 Å². The summed E-state index contributed by atoms with van der Waals surface area (Å²) in [6, 6.07) is 3.74. The third kappa shape index (κ3) is 4.02. The lowest BCUT2D eigenvalue weighted by atomic mass is 9.99. The van der Waals surface area contributed by atoms with E-state index < -0.39 is 11.9 Å². The maximum absolute atomic E-state index is 14.0. The van der Waals surface area contributed by atoms with Crippen molar-refractivity contribution < 1.29 is 9.18 Å². The molecule has 8 heteroatoms. The zero-order valence-electron chi connectivity index (χ0n) is 12.4. The van der Waals surface area contributed by atoms with E-state index in [1.54, 1.807) is 6.07 Å². The number of nitrogens with one attached hydrogen (secondary N) is 1. The summed E-state index contributed by atoms with van der Waals surface area (Å²) in [5, 5.41) is 6.48. The average molecular weight is 328 g/mol. The van der Waals surface area contributed by atoms with Gasteiger partial charge in [0.05, 0.1) is 6.04 Å². The second-order valence-electron chi connectivity index (χ2n) is 4.91. The number of carbonyl (C=O) groups excluding carboxylic acids is 1. The van der Waals surface area contributed by atoms with E-state index >= 15 is 0 Å². The quantitative estimate of drug-likeness (QED) is 0.881. The van der Waals surface area contributed by atoms with Gasteiger partial charge in [-0.25, -0.2) is 14.1 Å². The Balaban J connectivity index is 0.00000242. The fraction of sp³-hybridized carbons (Fsp3) is 0.357. The van der Waals surface area contributed by atoms with Crippen molar-refractivity contribution >= 4 is 24.0 Å². The number of benzene rings is 1. The monoisotopic (exact) mass is 327 g/mol. The summed E-state index contributed by atoms with van der Waals surface area (Å²) in [5.41, 5.74) is 6.46. The fourth-order valence-corrected chi connectivity index (χ4v) is 1.84. The largest absolute Gasteiger partial charge is 0.325 e. The molecule has 3 N–H and O–H groups in total. The molecule has 1 aromatic heterocycles. The third-order valence-corrected chi connectivity index (χ3v) is 3.44. The molecule has 6 nitrogen and oxygen atoms in total. The van der Waals surface area contributed by atoms with Crippen LogP contribution >= 0.6 is 12.4 Å². The van der Waals surface area contributed by atoms with Crippen LogP contribution in [-0.2, 0) is 4.79 Å². The first-order chi connectivity index (χ1) is 10.0. The SMILES string of the molecule is CCC(C)C(N)C(=O)Nc1ccc(-n2cncn2)c(F)c1.Cl. The van der Waals surface area contributed by atoms with Gasteiger partial charge in [0, 0.05) is 5.69 Å². The van der Waals surface area contributed by atoms with E-state index in [0.29, 0.717) is 5.69 Å². The summed E-state index contributed by atoms with van der Waals surface area (Å²) in [7, 11) is 0. The first kappa shape index (κ1) is 18.1. The van der Waals surface area contributed by atoms with Crippen molar-refractivity contribution in [2.45, 2.75) is 26.3 Å². The molecule has 2 unspecified atom stereocenters. The molecule has 2 atom stereocenters. The van der Waals surface area contributed by atoms with Gasteiger partial charge in [-0.05, 0) is 24.1 Å². The van der Waals surface area contributed by atoms with Gasteiger partial charge in [0.15, 0.2) is 5.82 Å². The van der Waals surface area contributed by atoms with Gasteiger partial charge < -0.3 is 11.1 Å². The minimum absolute atomic E-state index is 0. The number of amides is 1. The number of nitrogens with zero attached hydrogens (tertiary/aromatic N) is 3. The minimum atomic E-state index is -0.618. The summed E-state index contributed by atoms with van der Waals surface area (Å²) in [6.07, 6.45) is 3.52. The van der Waals surface area contributed by atoms with Crippen LogP contribution in [-0.4, -0.2) is 26.7 Å². The zero-order valence-corrected chi connectivity index (χ0v) is 13.2. The van der Waals surface area contributed by atoms with Crippen LogP contribution in [0.1, 0.15) is 20.3 Å². The second kappa shape index (κ2) is 7.86. The molecule has 2 rings (SSSR count). The molecule has 0 saturated heterocycles. The number of aromatic nitrogens is 3. The Labute approximate surface area is 134 Å². The molecule has 0 aliphatic rings. The first-order valence-electron chi connectivity index (χ1n) is 6.74. The topological polar surface area (TPSA) is 85.8 Å². The van der Waals surface area contributed by atoms with Crippen LogP contribution in [0.4, 0.5) is 10.1 Å². The van der Waals surface area contributed by atoms with Crippen LogP contribution in [0.3, 0.4) is 0 Å². The normalized spacial score (nSPS) is 13.1. The number of carbonyl (C=O) groups is 1. The minimum Gasteiger partial charge on any atom is -0.325 e. The van der Waals surface area contributed by atoms with E-state index in [1.165, 1.54) is 29.5 Å². The van der Waals surface area contributed by atoms with Gasteiger partial charge in [0.1, 0.15) is 18.3 Å². The molecule has 0 radical (unpaired) electrons. The predicted octanol–water partition coefficient (Wildman–Crippen LogP) is 2.14. The molecule has 2 aromatic rings. The second-order valence-corrected chi connectivity index (χ2v) is 4.91. The number of hydrogen-bond donors (Lipinski definition) is 2. The highest BCUT2D eigenvalue weighted by Gasteiger charge is 2.19. The van der Waals surface area contributed by atoms with Gasteiger partial charge in [-0.3, -0.25) is 4.79 Å². The zero-order chi connectivity index (χ0) is 15.4. The van der Waals surface area contributed by atoms with Crippen LogP contribution in [0.2, 0.25) is 0 Å². The molecule has 120 valence electrons. The van der Waals surface area contributed by atoms with E-state index in [2.05, 4.69) is 15.4 Å². The molecule has 22 heavy (non-hydrogen) atoms. The van der Waals surface area contributed by atoms with Gasteiger partial charge >= 0.3 is 0 Å². The number of nitrogens with two attached hydrogens (primary N) is 1. The summed E-state index contributed by atoms with van der Waals surface area (Å²) in [6.45, 7) is 3.86. The molecular formula is C14H19ClFN5O. The van der Waals surface area contributed by atoms with Crippen LogP contribution in [0.15, 0.2) is 30.9 Å². The molecule has 0 spiro atoms. The van der Waals surface area contributed by atoms with Crippen LogP contribution in [0.5, 0.6) is 0 Å². The molecular weight excluding hydrogens is 309 g/mol. The molecule has 1 heterocycles. The lowest BCUT2D eigenvalue weighted by molar-refractivity contribution is -0.118. The molecule has 0 bridgehead atoms. The number of halogens is 2. The van der Waals surface area contributed by atoms with Crippen LogP contribution in [0, 0.1) is 11.7 Å². The van der Waals surface area contributed by atoms with Gasteiger partial charge in [-0.15, -0.1) is 12.4 Å². The lowest BCUT2D eigenvalue weighted by Gasteiger charge is -2.17. The molecule has 0 aliphatic carbocycles. The highest BCUT2D eigenvalue weighted by Crippen LogP contribution is 2.18. The molecule has 1 amide bonds. The Morgan fingerprint density at radius 3 is 2.77 bits per heavy atom. The summed E-state index contributed by atoms with van der Waals surface area (Å²) in [5.74, 6) is -0.767. The fourth-order valence-electron chi connectivity index (χ4n) is 1.84. The summed E-state index contributed by atoms with van der Waals surface area (Å²) < 4.78 is 15.3. The van der Waals surface area contributed by atoms with E-state index in [4.69, 9.17) is 5.73 Å². The van der Waals surface area contributed by atoms with Gasteiger partial charge in [-0.2, -0.15) is 5.10 Å². The van der Waals surface area contributed by atoms with E-state index in [0.717, 1.165) is 6.42 Å². The highest BCUT2D eigenvalue weighted by molar-refractivity contribution is 5.94. The van der Waals surface area contributed by atoms with Crippen molar-refractivity contribution in [2.75, 3.05) is 5.32 Å². The van der Waals surface area contributed by atoms with Crippen molar-refractivity contribution in [1.82, 2.24) is 14.8 Å². The Hall–Kier alpha value is -1.99. The average Bonchev–Trinajstić information content (AvgIpc) is 2.99. The maximum atomic E-state index is 14.0. The Bertz CT molecular complexity index is 620. The standard InChI is InChI=1S/C14H18FN5O.ClH/c1-3-9(2)13(16)14(21)19-10-4-5-12(11(15)6-10)20-8-17-7-18-20;/h4-9,13H,3,16H2,1-2H3,(H,19,21);1H. The summed E-state index contributed by atoms with van der Waals surface area (Å²) in [4.78, 5) is 15.7. The molecule has 0 aliphatic heterocycles. The summed E-state index contributed by atoms with van der Waals surface area (Å²) >= 11 is 0. The van der Waals surface area contributed by atoms with Gasteiger partial charge in [0.2, 0.25) is 5.91 Å². The smallest absolute Gasteiger partial charge is 0.241 e. The number of rotatable bonds is 5. The maximum Gasteiger partial charge on any atom is 0.241 e. The van der Waals surface area contributed by atoms with E-state index in [-0.39, 0.29) is 29.9 Å². The molecule has 1 aromatic carbocycles. The Morgan fingerprint density at radius 1 is 1.50 bits per heavy atom. The van der Waals surface area contributed by atoms with E-state index in [1.807, 2.05) is 13.8 Å². The van der Waals surface area contributed by atoms with Crippen molar-refractivity contribution in [3.05, 3.63) is 36.7 Å². The number of anilines is 1. The Kier molecular flexibility index (Phi) is 6.45. The van der Waals surface area contributed by atoms with E-state index in [9.17, 15) is 9.18 Å². The molecule has 0 saturated carbocycles. The van der Waals surface area contributed by atoms with Crippen molar-refractivity contribution in [3.8, 4) is 5.69 Å². The van der Waals surface area contributed by atoms with Crippen LogP contribution < -0.4 is 11.1 Å². The lowest BCUT2D eigenvalue weighted by Crippen LogP contribution is -2.40. The van der Waals surface area contributed by atoms with Crippen LogP contribution in [0.25, 0.3) is 5.69 Å². The van der Waals surface area contributed by atoms with Gasteiger partial charge in [0.25, 0.3) is 0 Å². The Morgan fingerprint density at radius 2 is 2.23 bits per heavy atom. The van der Waals surface area contributed by atoms with Crippen molar-refractivity contribution in [3.63, 3.8) is 0 Å².